The number of hydrogen-bond acceptors (Lipinski definition) is 7. The number of aromatic nitrogens is 5. The molecule has 0 unspecified atom stereocenters. The van der Waals surface area contributed by atoms with Crippen molar-refractivity contribution < 1.29 is 4.79 Å². The van der Waals surface area contributed by atoms with Crippen LogP contribution in [0.25, 0.3) is 22.0 Å². The Kier molecular flexibility index (Phi) is 6.06. The molecule has 0 bridgehead atoms. The van der Waals surface area contributed by atoms with Gasteiger partial charge in [-0.15, -0.1) is 10.2 Å². The smallest absolute Gasteiger partial charge is 0.257 e. The average molecular weight is 464 g/mol. The van der Waals surface area contributed by atoms with E-state index in [1.54, 1.807) is 16.9 Å². The molecule has 0 saturated carbocycles. The summed E-state index contributed by atoms with van der Waals surface area (Å²) in [7, 11) is 8.60. The van der Waals surface area contributed by atoms with Gasteiger partial charge in [0, 0.05) is 62.1 Å². The molecule has 5 rings (SSSR count). The zero-order valence-electron chi connectivity index (χ0n) is 20.6. The molecular weight excluding hydrogens is 437 g/mol. The highest BCUT2D eigenvalue weighted by molar-refractivity contribution is 6.59. The summed E-state index contributed by atoms with van der Waals surface area (Å²) in [6, 6.07) is 11.3. The van der Waals surface area contributed by atoms with Gasteiger partial charge in [0.05, 0.1) is 11.7 Å². The van der Waals surface area contributed by atoms with Crippen molar-refractivity contribution in [3.8, 4) is 11.1 Å². The van der Waals surface area contributed by atoms with Crippen molar-refractivity contribution in [3.63, 3.8) is 0 Å². The Morgan fingerprint density at radius 2 is 1.80 bits per heavy atom. The van der Waals surface area contributed by atoms with Crippen LogP contribution in [-0.2, 0) is 7.05 Å². The van der Waals surface area contributed by atoms with Gasteiger partial charge in [0.2, 0.25) is 0 Å². The first kappa shape index (κ1) is 23.1. The maximum Gasteiger partial charge on any atom is 0.257 e. The quantitative estimate of drug-likeness (QED) is 0.392. The molecule has 0 atom stereocenters. The fourth-order valence-electron chi connectivity index (χ4n) is 4.38. The highest BCUT2D eigenvalue weighted by atomic mass is 16.1. The molecule has 9 nitrogen and oxygen atoms in total. The second kappa shape index (κ2) is 9.18. The molecule has 3 aromatic heterocycles. The lowest BCUT2D eigenvalue weighted by Crippen LogP contribution is -2.58. The van der Waals surface area contributed by atoms with E-state index in [1.807, 2.05) is 49.8 Å². The van der Waals surface area contributed by atoms with Crippen LogP contribution in [0.4, 0.5) is 11.6 Å². The van der Waals surface area contributed by atoms with Gasteiger partial charge in [0.25, 0.3) is 5.91 Å². The van der Waals surface area contributed by atoms with E-state index in [9.17, 15) is 4.79 Å². The van der Waals surface area contributed by atoms with Gasteiger partial charge in [0.1, 0.15) is 29.4 Å². The molecule has 1 fully saturated rings. The van der Waals surface area contributed by atoms with E-state index in [1.165, 1.54) is 0 Å². The first-order valence-electron chi connectivity index (χ1n) is 11.8. The summed E-state index contributed by atoms with van der Waals surface area (Å²) >= 11 is 0. The van der Waals surface area contributed by atoms with E-state index < -0.39 is 0 Å². The van der Waals surface area contributed by atoms with Crippen LogP contribution in [-0.4, -0.2) is 90.7 Å². The highest BCUT2D eigenvalue weighted by Gasteiger charge is 2.26. The van der Waals surface area contributed by atoms with Crippen molar-refractivity contribution in [2.75, 3.05) is 36.4 Å². The van der Waals surface area contributed by atoms with Gasteiger partial charge in [-0.25, -0.2) is 4.98 Å². The molecule has 0 aliphatic carbocycles. The molecule has 12 heteroatoms. The summed E-state index contributed by atoms with van der Waals surface area (Å²) in [5.74, 6) is 0.985. The minimum atomic E-state index is -0.237. The van der Waals surface area contributed by atoms with Gasteiger partial charge in [-0.3, -0.25) is 9.48 Å². The zero-order chi connectivity index (χ0) is 24.6. The first-order chi connectivity index (χ1) is 16.8. The van der Waals surface area contributed by atoms with Crippen molar-refractivity contribution in [1.29, 1.82) is 0 Å². The molecule has 4 heterocycles. The van der Waals surface area contributed by atoms with Crippen molar-refractivity contribution in [2.45, 2.75) is 5.24 Å². The normalized spacial score (nSPS) is 14.8. The molecule has 0 spiro atoms. The van der Waals surface area contributed by atoms with Crippen LogP contribution in [0.2, 0.25) is 0 Å². The number of amides is 1. The summed E-state index contributed by atoms with van der Waals surface area (Å²) in [6.45, 7) is 3.69. The van der Waals surface area contributed by atoms with Crippen LogP contribution in [0.5, 0.6) is 0 Å². The number of hydrogen-bond donors (Lipinski definition) is 1. The average Bonchev–Trinajstić information content (AvgIpc) is 3.29. The van der Waals surface area contributed by atoms with Gasteiger partial charge < -0.3 is 15.1 Å². The molecule has 4 aromatic rings. The van der Waals surface area contributed by atoms with E-state index in [0.717, 1.165) is 54.0 Å². The molecule has 1 aliphatic heterocycles. The second-order valence-electron chi connectivity index (χ2n) is 9.91. The van der Waals surface area contributed by atoms with Gasteiger partial charge in [-0.05, 0) is 35.9 Å². The van der Waals surface area contributed by atoms with Crippen molar-refractivity contribution in [2.24, 2.45) is 7.05 Å². The van der Waals surface area contributed by atoms with E-state index in [4.69, 9.17) is 0 Å². The lowest BCUT2D eigenvalue weighted by atomic mass is 9.48. The monoisotopic (exact) mass is 464 g/mol. The molecule has 1 N–H and O–H groups in total. The fourth-order valence-corrected chi connectivity index (χ4v) is 4.38. The summed E-state index contributed by atoms with van der Waals surface area (Å²) in [6.07, 6.45) is 5.47. The highest BCUT2D eigenvalue weighted by Crippen LogP contribution is 2.24. The number of pyridine rings is 1. The standard InChI is InChI=1S/C23H27B3N8O/c1-32-14-18(13-28-32)15-2-3-19-17(10-15)11-20(31-30-19)29-22(35)16-4-5-27-21(12-16)33-6-8-34(9-7-33)23(24,25)26/h2-5,10-14H,6-9,24-26H2,1H3,(H,29,31,35). The van der Waals surface area contributed by atoms with E-state index in [0.29, 0.717) is 11.4 Å². The van der Waals surface area contributed by atoms with E-state index >= 15 is 0 Å². The van der Waals surface area contributed by atoms with Gasteiger partial charge >= 0.3 is 0 Å². The number of nitrogens with one attached hydrogen (secondary N) is 1. The van der Waals surface area contributed by atoms with Crippen LogP contribution in [0.3, 0.4) is 0 Å². The van der Waals surface area contributed by atoms with Gasteiger partial charge in [0.15, 0.2) is 5.82 Å². The Labute approximate surface area is 207 Å². The second-order valence-corrected chi connectivity index (χ2v) is 9.91. The van der Waals surface area contributed by atoms with E-state index in [2.05, 4.69) is 58.9 Å². The topological polar surface area (TPSA) is 92.1 Å². The van der Waals surface area contributed by atoms with Crippen LogP contribution >= 0.6 is 0 Å². The molecule has 1 amide bonds. The predicted molar refractivity (Wildman–Crippen MR) is 146 cm³/mol. The third-order valence-corrected chi connectivity index (χ3v) is 6.43. The van der Waals surface area contributed by atoms with Crippen molar-refractivity contribution >= 4 is 52.0 Å². The van der Waals surface area contributed by atoms with Crippen LogP contribution in [0.15, 0.2) is 55.0 Å². The third-order valence-electron chi connectivity index (χ3n) is 6.43. The number of rotatable bonds is 5. The molecule has 35 heavy (non-hydrogen) atoms. The first-order valence-corrected chi connectivity index (χ1v) is 11.8. The largest absolute Gasteiger partial charge is 0.354 e. The lowest BCUT2D eigenvalue weighted by Gasteiger charge is -2.43. The summed E-state index contributed by atoms with van der Waals surface area (Å²) in [5, 5.41) is 16.6. The maximum absolute atomic E-state index is 13.0. The Morgan fingerprint density at radius 1 is 1.00 bits per heavy atom. The number of anilines is 2. The zero-order valence-corrected chi connectivity index (χ0v) is 20.6. The van der Waals surface area contributed by atoms with Crippen molar-refractivity contribution in [3.05, 3.63) is 60.6 Å². The molecule has 1 aromatic carbocycles. The van der Waals surface area contributed by atoms with Crippen LogP contribution in [0.1, 0.15) is 10.4 Å². The minimum absolute atomic E-state index is 0.154. The van der Waals surface area contributed by atoms with E-state index in [-0.39, 0.29) is 11.1 Å². The molecular formula is C23H27B3N8O. The Hall–Kier alpha value is -3.66. The number of carbonyl (C=O) groups is 1. The van der Waals surface area contributed by atoms with Crippen LogP contribution in [0, 0.1) is 0 Å². The van der Waals surface area contributed by atoms with Gasteiger partial charge in [-0.2, -0.15) is 5.10 Å². The Balaban J connectivity index is 1.31. The SMILES string of the molecule is BC(B)(B)N1CCN(c2cc(C(=O)Nc3cc4cc(-c5cnn(C)c5)ccc4nn3)ccn2)CC1. The number of carbonyl (C=O) groups excluding carboxylic acids is 1. The molecule has 1 saturated heterocycles. The Bertz CT molecular complexity index is 1380. The minimum Gasteiger partial charge on any atom is -0.354 e. The summed E-state index contributed by atoms with van der Waals surface area (Å²) < 4.78 is 1.77. The predicted octanol–water partition coefficient (Wildman–Crippen LogP) is -0.690. The summed E-state index contributed by atoms with van der Waals surface area (Å²) in [5.41, 5.74) is 3.35. The summed E-state index contributed by atoms with van der Waals surface area (Å²) in [4.78, 5) is 22.2. The molecule has 174 valence electrons. The number of aryl methyl sites for hydroxylation is 1. The number of fused-ring (bicyclic) bond motifs is 1. The maximum atomic E-state index is 13.0. The Morgan fingerprint density at radius 3 is 2.51 bits per heavy atom. The van der Waals surface area contributed by atoms with Gasteiger partial charge in [-0.1, -0.05) is 11.3 Å². The van der Waals surface area contributed by atoms with Crippen molar-refractivity contribution in [1.82, 2.24) is 29.9 Å². The number of nitrogens with zero attached hydrogens (tertiary/aromatic N) is 7. The lowest BCUT2D eigenvalue weighted by molar-refractivity contribution is 0.102. The number of benzene rings is 1. The fraction of sp³-hybridized carbons (Fsp3) is 0.261. The third kappa shape index (κ3) is 5.07. The van der Waals surface area contributed by atoms with Crippen LogP contribution < -0.4 is 10.2 Å². The number of piperazine rings is 1. The molecule has 1 aliphatic rings. The molecule has 0 radical (unpaired) electrons.